The molecule has 25 heavy (non-hydrogen) atoms. The van der Waals surface area contributed by atoms with Crippen molar-refractivity contribution < 1.29 is 0 Å². The molecular formula is C19H18N4S2. The Morgan fingerprint density at radius 1 is 1.12 bits per heavy atom. The number of nitrogens with one attached hydrogen (secondary N) is 1. The highest BCUT2D eigenvalue weighted by Gasteiger charge is 2.40. The van der Waals surface area contributed by atoms with Crippen molar-refractivity contribution in [2.45, 2.75) is 25.6 Å². The molecule has 1 N–H and O–H groups in total. The van der Waals surface area contributed by atoms with Gasteiger partial charge in [0, 0.05) is 34.9 Å². The van der Waals surface area contributed by atoms with Crippen molar-refractivity contribution in [3.05, 3.63) is 82.1 Å². The van der Waals surface area contributed by atoms with Gasteiger partial charge >= 0.3 is 0 Å². The van der Waals surface area contributed by atoms with Gasteiger partial charge in [0.25, 0.3) is 0 Å². The molecule has 1 aliphatic heterocycles. The van der Waals surface area contributed by atoms with E-state index in [1.165, 1.54) is 15.3 Å². The van der Waals surface area contributed by atoms with E-state index in [1.807, 2.05) is 54.2 Å². The number of thiocarbonyl (C=S) groups is 1. The number of pyridine rings is 2. The Labute approximate surface area is 156 Å². The Bertz CT molecular complexity index is 863. The van der Waals surface area contributed by atoms with E-state index in [0.717, 1.165) is 17.4 Å². The lowest BCUT2D eigenvalue weighted by Gasteiger charge is -2.26. The highest BCUT2D eigenvalue weighted by Crippen LogP contribution is 2.41. The van der Waals surface area contributed by atoms with Crippen molar-refractivity contribution in [1.29, 1.82) is 0 Å². The van der Waals surface area contributed by atoms with E-state index in [4.69, 9.17) is 12.2 Å². The predicted molar refractivity (Wildman–Crippen MR) is 104 cm³/mol. The van der Waals surface area contributed by atoms with Crippen LogP contribution in [0.25, 0.3) is 0 Å². The standard InChI is InChI=1S/C19H18N4S2/c1-13-5-6-16(25-13)18-17(15-4-2-3-9-21-15)22-19(24)23(18)12-14-7-10-20-11-8-14/h2-11,17-18H,12H2,1H3,(H,22,24)/t17-,18-/m0/s1. The van der Waals surface area contributed by atoms with Crippen LogP contribution in [0.1, 0.15) is 33.1 Å². The van der Waals surface area contributed by atoms with E-state index in [2.05, 4.69) is 45.3 Å². The molecule has 3 aromatic rings. The maximum absolute atomic E-state index is 5.68. The molecule has 0 radical (unpaired) electrons. The first-order valence-corrected chi connectivity index (χ1v) is 9.38. The molecule has 4 nitrogen and oxygen atoms in total. The van der Waals surface area contributed by atoms with Crippen LogP contribution < -0.4 is 5.32 Å². The van der Waals surface area contributed by atoms with Crippen LogP contribution in [0.5, 0.6) is 0 Å². The summed E-state index contributed by atoms with van der Waals surface area (Å²) < 4.78 is 0. The van der Waals surface area contributed by atoms with Crippen LogP contribution in [0, 0.1) is 6.92 Å². The van der Waals surface area contributed by atoms with Gasteiger partial charge in [-0.1, -0.05) is 6.07 Å². The fourth-order valence-electron chi connectivity index (χ4n) is 3.18. The van der Waals surface area contributed by atoms with Gasteiger partial charge < -0.3 is 10.2 Å². The summed E-state index contributed by atoms with van der Waals surface area (Å²) >= 11 is 7.49. The largest absolute Gasteiger partial charge is 0.352 e. The van der Waals surface area contributed by atoms with Crippen LogP contribution in [0.15, 0.2) is 61.1 Å². The van der Waals surface area contributed by atoms with Crippen molar-refractivity contribution in [3.8, 4) is 0 Å². The van der Waals surface area contributed by atoms with Crippen molar-refractivity contribution in [1.82, 2.24) is 20.2 Å². The maximum atomic E-state index is 5.68. The van der Waals surface area contributed by atoms with Gasteiger partial charge in [0.05, 0.1) is 17.8 Å². The normalized spacial score (nSPS) is 19.9. The second-order valence-electron chi connectivity index (χ2n) is 6.06. The Hall–Kier alpha value is -2.31. The predicted octanol–water partition coefficient (Wildman–Crippen LogP) is 4.02. The van der Waals surface area contributed by atoms with Gasteiger partial charge in [0.15, 0.2) is 5.11 Å². The molecule has 4 rings (SSSR count). The fourth-order valence-corrected chi connectivity index (χ4v) is 4.52. The summed E-state index contributed by atoms with van der Waals surface area (Å²) in [5.41, 5.74) is 2.21. The molecule has 0 aromatic carbocycles. The maximum Gasteiger partial charge on any atom is 0.170 e. The SMILES string of the molecule is Cc1ccc([C@H]2[C@H](c3ccccn3)NC(=S)N2Cc2ccncc2)s1. The minimum absolute atomic E-state index is 0.0496. The zero-order chi connectivity index (χ0) is 17.2. The number of nitrogens with zero attached hydrogens (tertiary/aromatic N) is 3. The van der Waals surface area contributed by atoms with Crippen molar-refractivity contribution in [2.24, 2.45) is 0 Å². The third kappa shape index (κ3) is 3.27. The average Bonchev–Trinajstić information content (AvgIpc) is 3.20. The Kier molecular flexibility index (Phi) is 4.46. The van der Waals surface area contributed by atoms with E-state index in [-0.39, 0.29) is 12.1 Å². The fraction of sp³-hybridized carbons (Fsp3) is 0.211. The summed E-state index contributed by atoms with van der Waals surface area (Å²) in [5.74, 6) is 0. The lowest BCUT2D eigenvalue weighted by Crippen LogP contribution is -2.28. The van der Waals surface area contributed by atoms with Crippen LogP contribution in [0.4, 0.5) is 0 Å². The van der Waals surface area contributed by atoms with Gasteiger partial charge in [-0.2, -0.15) is 0 Å². The number of thiophene rings is 1. The molecule has 3 aromatic heterocycles. The average molecular weight is 367 g/mol. The molecule has 1 aliphatic rings. The molecule has 126 valence electrons. The van der Waals surface area contributed by atoms with E-state index in [9.17, 15) is 0 Å². The first kappa shape index (κ1) is 16.2. The molecule has 0 spiro atoms. The number of rotatable bonds is 4. The van der Waals surface area contributed by atoms with Crippen LogP contribution in [0.2, 0.25) is 0 Å². The summed E-state index contributed by atoms with van der Waals surface area (Å²) in [4.78, 5) is 13.5. The molecular weight excluding hydrogens is 348 g/mol. The van der Waals surface area contributed by atoms with Gasteiger partial charge in [-0.25, -0.2) is 0 Å². The first-order chi connectivity index (χ1) is 12.2. The highest BCUT2D eigenvalue weighted by molar-refractivity contribution is 7.80. The molecule has 0 saturated carbocycles. The quantitative estimate of drug-likeness (QED) is 0.706. The molecule has 2 atom stereocenters. The van der Waals surface area contributed by atoms with Gasteiger partial charge in [0.2, 0.25) is 0 Å². The van der Waals surface area contributed by atoms with E-state index >= 15 is 0 Å². The highest BCUT2D eigenvalue weighted by atomic mass is 32.1. The van der Waals surface area contributed by atoms with Crippen molar-refractivity contribution in [3.63, 3.8) is 0 Å². The second kappa shape index (κ2) is 6.90. The molecule has 1 saturated heterocycles. The molecule has 0 aliphatic carbocycles. The van der Waals surface area contributed by atoms with Crippen LogP contribution in [0.3, 0.4) is 0 Å². The summed E-state index contributed by atoms with van der Waals surface area (Å²) in [6, 6.07) is 14.6. The molecule has 1 fully saturated rings. The monoisotopic (exact) mass is 366 g/mol. The Balaban J connectivity index is 1.72. The summed E-state index contributed by atoms with van der Waals surface area (Å²) in [6.45, 7) is 2.89. The number of aryl methyl sites for hydroxylation is 1. The summed E-state index contributed by atoms with van der Waals surface area (Å²) in [6.07, 6.45) is 5.48. The lowest BCUT2D eigenvalue weighted by molar-refractivity contribution is 0.315. The van der Waals surface area contributed by atoms with Crippen LogP contribution >= 0.6 is 23.6 Å². The smallest absolute Gasteiger partial charge is 0.170 e. The van der Waals surface area contributed by atoms with Crippen molar-refractivity contribution >= 4 is 28.7 Å². The summed E-state index contributed by atoms with van der Waals surface area (Å²) in [5, 5.41) is 4.25. The van der Waals surface area contributed by atoms with E-state index in [0.29, 0.717) is 0 Å². The second-order valence-corrected chi connectivity index (χ2v) is 7.76. The third-order valence-corrected chi connectivity index (χ3v) is 5.78. The zero-order valence-corrected chi connectivity index (χ0v) is 15.4. The first-order valence-electron chi connectivity index (χ1n) is 8.15. The lowest BCUT2D eigenvalue weighted by atomic mass is 10.0. The number of aromatic nitrogens is 2. The van der Waals surface area contributed by atoms with E-state index in [1.54, 1.807) is 0 Å². The minimum atomic E-state index is 0.0496. The molecule has 6 heteroatoms. The van der Waals surface area contributed by atoms with Gasteiger partial charge in [-0.15, -0.1) is 11.3 Å². The Morgan fingerprint density at radius 2 is 1.96 bits per heavy atom. The van der Waals surface area contributed by atoms with Crippen molar-refractivity contribution in [2.75, 3.05) is 0 Å². The van der Waals surface area contributed by atoms with Gasteiger partial charge in [-0.05, 0) is 61.1 Å². The minimum Gasteiger partial charge on any atom is -0.352 e. The summed E-state index contributed by atoms with van der Waals surface area (Å²) in [7, 11) is 0. The molecule has 0 amide bonds. The van der Waals surface area contributed by atoms with Gasteiger partial charge in [-0.3, -0.25) is 9.97 Å². The third-order valence-electron chi connectivity index (χ3n) is 4.35. The van der Waals surface area contributed by atoms with E-state index < -0.39 is 0 Å². The topological polar surface area (TPSA) is 41.1 Å². The molecule has 4 heterocycles. The van der Waals surface area contributed by atoms with Crippen LogP contribution in [-0.2, 0) is 6.54 Å². The zero-order valence-electron chi connectivity index (χ0n) is 13.8. The number of hydrogen-bond donors (Lipinski definition) is 1. The Morgan fingerprint density at radius 3 is 2.64 bits per heavy atom. The van der Waals surface area contributed by atoms with Gasteiger partial charge in [0.1, 0.15) is 0 Å². The molecule has 0 unspecified atom stereocenters. The molecule has 0 bridgehead atoms. The van der Waals surface area contributed by atoms with Crippen LogP contribution in [-0.4, -0.2) is 20.0 Å². The number of hydrogen-bond acceptors (Lipinski definition) is 4.